The second kappa shape index (κ2) is 14.2. The first-order valence-electron chi connectivity index (χ1n) is 12.9. The molecule has 226 valence electrons. The lowest BCUT2D eigenvalue weighted by Gasteiger charge is -2.33. The van der Waals surface area contributed by atoms with Crippen molar-refractivity contribution in [2.75, 3.05) is 4.90 Å². The number of anilines is 1. The number of nitrogens with one attached hydrogen (secondary N) is 1. The summed E-state index contributed by atoms with van der Waals surface area (Å²) >= 11 is 0. The number of pyridine rings is 1. The number of amides is 2. The zero-order valence-electron chi connectivity index (χ0n) is 23.5. The van der Waals surface area contributed by atoms with E-state index < -0.39 is 29.6 Å². The molecule has 0 aliphatic heterocycles. The minimum atomic E-state index is -5.08. The molecule has 0 bridgehead atoms. The van der Waals surface area contributed by atoms with Crippen LogP contribution in [0.15, 0.2) is 102 Å². The van der Waals surface area contributed by atoms with E-state index in [4.69, 9.17) is 19.1 Å². The number of benzene rings is 2. The number of furan rings is 1. The van der Waals surface area contributed by atoms with Crippen molar-refractivity contribution in [3.8, 4) is 5.75 Å². The number of carboxylic acids is 1. The van der Waals surface area contributed by atoms with Gasteiger partial charge in [-0.2, -0.15) is 13.2 Å². The molecule has 4 aromatic rings. The fourth-order valence-corrected chi connectivity index (χ4v) is 3.74. The highest BCUT2D eigenvalue weighted by Gasteiger charge is 2.38. The Morgan fingerprint density at radius 2 is 1.60 bits per heavy atom. The minimum absolute atomic E-state index is 0.122. The number of carbonyl (C=O) groups is 3. The quantitative estimate of drug-likeness (QED) is 0.248. The minimum Gasteiger partial charge on any atom is -0.489 e. The van der Waals surface area contributed by atoms with Gasteiger partial charge >= 0.3 is 12.1 Å². The highest BCUT2D eigenvalue weighted by molar-refractivity contribution is 6.08. The molecular weight excluding hydrogens is 567 g/mol. The first-order chi connectivity index (χ1) is 20.3. The predicted molar refractivity (Wildman–Crippen MR) is 151 cm³/mol. The van der Waals surface area contributed by atoms with E-state index in [-0.39, 0.29) is 11.7 Å². The van der Waals surface area contributed by atoms with Crippen molar-refractivity contribution in [2.45, 2.75) is 45.1 Å². The van der Waals surface area contributed by atoms with E-state index in [2.05, 4.69) is 10.3 Å². The van der Waals surface area contributed by atoms with Gasteiger partial charge in [0.15, 0.2) is 5.76 Å². The Morgan fingerprint density at radius 3 is 2.12 bits per heavy atom. The molecule has 2 aromatic carbocycles. The largest absolute Gasteiger partial charge is 0.490 e. The monoisotopic (exact) mass is 597 g/mol. The molecule has 9 nitrogen and oxygen atoms in total. The Kier molecular flexibility index (Phi) is 10.7. The number of alkyl halides is 3. The summed E-state index contributed by atoms with van der Waals surface area (Å²) in [7, 11) is 0. The van der Waals surface area contributed by atoms with Crippen molar-refractivity contribution in [1.82, 2.24) is 10.3 Å². The molecule has 43 heavy (non-hydrogen) atoms. The number of ether oxygens (including phenoxy) is 1. The van der Waals surface area contributed by atoms with Crippen LogP contribution in [0.4, 0.5) is 18.9 Å². The predicted octanol–water partition coefficient (Wildman–Crippen LogP) is 6.19. The molecule has 0 aliphatic rings. The molecule has 2 aromatic heterocycles. The van der Waals surface area contributed by atoms with E-state index in [9.17, 15) is 22.8 Å². The molecule has 12 heteroatoms. The van der Waals surface area contributed by atoms with Crippen LogP contribution in [-0.2, 0) is 16.2 Å². The summed E-state index contributed by atoms with van der Waals surface area (Å²) in [6.07, 6.45) is -0.438. The number of aliphatic carboxylic acids is 1. The molecule has 0 aliphatic carbocycles. The Morgan fingerprint density at radius 1 is 0.953 bits per heavy atom. The van der Waals surface area contributed by atoms with Gasteiger partial charge in [0.2, 0.25) is 5.91 Å². The first-order valence-corrected chi connectivity index (χ1v) is 12.9. The van der Waals surface area contributed by atoms with Crippen LogP contribution < -0.4 is 15.0 Å². The lowest BCUT2D eigenvalue weighted by atomic mass is 10.0. The summed E-state index contributed by atoms with van der Waals surface area (Å²) in [6.45, 7) is 6.09. The van der Waals surface area contributed by atoms with Crippen LogP contribution in [0.1, 0.15) is 48.5 Å². The number of carboxylic acid groups (broad SMARTS) is 1. The molecular formula is C31H30F3N3O6. The number of rotatable bonds is 8. The fourth-order valence-electron chi connectivity index (χ4n) is 3.74. The standard InChI is InChI=1S/C29H29N3O4.C2HF3O2/c1-29(2,3)31-27(33)26(22-11-7-17-30-19-22)32(28(34)25-12-8-18-35-25)23-13-15-24(16-14-23)36-20-21-9-5-4-6-10-21;3-2(4,5)1(6)7/h4-19,26H,20H2,1-3H3,(H,31,33);(H,6,7). The van der Waals surface area contributed by atoms with Crippen molar-refractivity contribution in [3.05, 3.63) is 114 Å². The van der Waals surface area contributed by atoms with Crippen molar-refractivity contribution in [1.29, 1.82) is 0 Å². The van der Waals surface area contributed by atoms with Gasteiger partial charge in [-0.05, 0) is 68.8 Å². The third-order valence-electron chi connectivity index (χ3n) is 5.56. The van der Waals surface area contributed by atoms with Crippen LogP contribution in [0.2, 0.25) is 0 Å². The molecule has 0 saturated heterocycles. The van der Waals surface area contributed by atoms with Crippen molar-refractivity contribution in [2.24, 2.45) is 0 Å². The highest BCUT2D eigenvalue weighted by Crippen LogP contribution is 2.31. The molecule has 0 fully saturated rings. The summed E-state index contributed by atoms with van der Waals surface area (Å²) in [5, 5.41) is 10.1. The van der Waals surface area contributed by atoms with Gasteiger partial charge in [0.1, 0.15) is 18.4 Å². The molecule has 2 N–H and O–H groups in total. The molecule has 0 saturated carbocycles. The smallest absolute Gasteiger partial charge is 0.489 e. The maximum absolute atomic E-state index is 13.7. The van der Waals surface area contributed by atoms with Crippen molar-refractivity contribution < 1.29 is 41.8 Å². The Labute approximate surface area is 245 Å². The van der Waals surface area contributed by atoms with Crippen LogP contribution >= 0.6 is 0 Å². The van der Waals surface area contributed by atoms with Gasteiger partial charge in [0.25, 0.3) is 5.91 Å². The number of aromatic nitrogens is 1. The summed E-state index contributed by atoms with van der Waals surface area (Å²) in [4.78, 5) is 41.8. The average Bonchev–Trinajstić information content (AvgIpc) is 3.50. The van der Waals surface area contributed by atoms with Gasteiger partial charge in [0, 0.05) is 29.2 Å². The third kappa shape index (κ3) is 9.73. The van der Waals surface area contributed by atoms with E-state index in [1.54, 1.807) is 60.9 Å². The second-order valence-electron chi connectivity index (χ2n) is 10.2. The lowest BCUT2D eigenvalue weighted by molar-refractivity contribution is -0.192. The summed E-state index contributed by atoms with van der Waals surface area (Å²) in [5.74, 6) is -2.77. The normalized spacial score (nSPS) is 11.9. The van der Waals surface area contributed by atoms with Gasteiger partial charge in [-0.25, -0.2) is 4.79 Å². The highest BCUT2D eigenvalue weighted by atomic mass is 19.4. The van der Waals surface area contributed by atoms with Gasteiger partial charge in [-0.3, -0.25) is 19.5 Å². The molecule has 0 spiro atoms. The molecule has 1 atom stereocenters. The number of nitrogens with zero attached hydrogens (tertiary/aromatic N) is 2. The molecule has 2 amide bonds. The van der Waals surface area contributed by atoms with Crippen LogP contribution in [0, 0.1) is 0 Å². The van der Waals surface area contributed by atoms with Crippen LogP contribution in [0.25, 0.3) is 0 Å². The van der Waals surface area contributed by atoms with Gasteiger partial charge in [0.05, 0.1) is 6.26 Å². The number of hydrogen-bond donors (Lipinski definition) is 2. The second-order valence-corrected chi connectivity index (χ2v) is 10.2. The molecule has 4 rings (SSSR count). The van der Waals surface area contributed by atoms with Gasteiger partial charge < -0.3 is 19.6 Å². The van der Waals surface area contributed by atoms with Gasteiger partial charge in [-0.1, -0.05) is 36.4 Å². The number of halogens is 3. The lowest BCUT2D eigenvalue weighted by Crippen LogP contribution is -2.49. The van der Waals surface area contributed by atoms with E-state index in [0.717, 1.165) is 5.56 Å². The Balaban J connectivity index is 0.000000646. The number of hydrogen-bond acceptors (Lipinski definition) is 6. The van der Waals surface area contributed by atoms with E-state index in [0.29, 0.717) is 23.6 Å². The van der Waals surface area contributed by atoms with Crippen LogP contribution in [0.5, 0.6) is 5.75 Å². The maximum atomic E-state index is 13.7. The van der Waals surface area contributed by atoms with E-state index in [1.165, 1.54) is 11.2 Å². The molecule has 0 radical (unpaired) electrons. The average molecular weight is 598 g/mol. The van der Waals surface area contributed by atoms with Crippen LogP contribution in [-0.4, -0.2) is 39.6 Å². The fraction of sp³-hybridized carbons (Fsp3) is 0.226. The SMILES string of the molecule is CC(C)(C)NC(=O)C(c1cccnc1)N(C(=O)c1ccco1)c1ccc(OCc2ccccc2)cc1.O=C(O)C(F)(F)F. The topological polar surface area (TPSA) is 122 Å². The van der Waals surface area contributed by atoms with E-state index in [1.807, 2.05) is 51.1 Å². The Bertz CT molecular complexity index is 1470. The Hall–Kier alpha value is -5.13. The summed E-state index contributed by atoms with van der Waals surface area (Å²) in [5.41, 5.74) is 1.63. The van der Waals surface area contributed by atoms with Crippen molar-refractivity contribution in [3.63, 3.8) is 0 Å². The number of carbonyl (C=O) groups excluding carboxylic acids is 2. The molecule has 2 heterocycles. The summed E-state index contributed by atoms with van der Waals surface area (Å²) in [6, 6.07) is 22.7. The zero-order chi connectivity index (χ0) is 31.6. The van der Waals surface area contributed by atoms with Gasteiger partial charge in [-0.15, -0.1) is 0 Å². The third-order valence-corrected chi connectivity index (χ3v) is 5.56. The zero-order valence-corrected chi connectivity index (χ0v) is 23.5. The summed E-state index contributed by atoms with van der Waals surface area (Å²) < 4.78 is 43.1. The molecule has 1 unspecified atom stereocenters. The maximum Gasteiger partial charge on any atom is 0.490 e. The first kappa shape index (κ1) is 32.4. The van der Waals surface area contributed by atoms with E-state index >= 15 is 0 Å². The van der Waals surface area contributed by atoms with Crippen molar-refractivity contribution >= 4 is 23.5 Å². The van der Waals surface area contributed by atoms with Crippen LogP contribution in [0.3, 0.4) is 0 Å².